The van der Waals surface area contributed by atoms with Crippen LogP contribution in [0.3, 0.4) is 0 Å². The molecule has 0 saturated heterocycles. The molecule has 0 spiro atoms. The largest absolute Gasteiger partial charge is 0.468 e. The van der Waals surface area contributed by atoms with Gasteiger partial charge in [-0.25, -0.2) is 0 Å². The first-order chi connectivity index (χ1) is 9.70. The minimum atomic E-state index is 0.731. The van der Waals surface area contributed by atoms with E-state index in [2.05, 4.69) is 23.3 Å². The molecule has 0 radical (unpaired) electrons. The Labute approximate surface area is 119 Å². The fourth-order valence-electron chi connectivity index (χ4n) is 2.37. The number of furan rings is 2. The quantitative estimate of drug-likeness (QED) is 0.842. The Morgan fingerprint density at radius 2 is 2.10 bits per heavy atom. The van der Waals surface area contributed by atoms with Crippen molar-refractivity contribution < 1.29 is 8.83 Å². The molecule has 4 heteroatoms. The van der Waals surface area contributed by atoms with Crippen molar-refractivity contribution in [3.63, 3.8) is 0 Å². The van der Waals surface area contributed by atoms with Crippen LogP contribution < -0.4 is 5.32 Å². The zero-order valence-corrected chi connectivity index (χ0v) is 12.2. The maximum absolute atomic E-state index is 5.84. The van der Waals surface area contributed by atoms with Gasteiger partial charge in [0, 0.05) is 18.2 Å². The Hall–Kier alpha value is -1.52. The van der Waals surface area contributed by atoms with Gasteiger partial charge in [0.1, 0.15) is 17.3 Å². The lowest BCUT2D eigenvalue weighted by Gasteiger charge is -2.12. The second kappa shape index (κ2) is 5.85. The van der Waals surface area contributed by atoms with E-state index in [9.17, 15) is 0 Å². The van der Waals surface area contributed by atoms with Crippen molar-refractivity contribution in [3.05, 3.63) is 47.3 Å². The Kier molecular flexibility index (Phi) is 3.94. The van der Waals surface area contributed by atoms with Crippen molar-refractivity contribution in [3.8, 4) is 0 Å². The summed E-state index contributed by atoms with van der Waals surface area (Å²) in [6.45, 7) is 4.55. The summed E-state index contributed by atoms with van der Waals surface area (Å²) in [4.78, 5) is 2.19. The van der Waals surface area contributed by atoms with Crippen LogP contribution in [0.4, 0.5) is 0 Å². The van der Waals surface area contributed by atoms with E-state index in [0.717, 1.165) is 43.0 Å². The zero-order chi connectivity index (χ0) is 13.9. The van der Waals surface area contributed by atoms with Crippen LogP contribution in [0.15, 0.2) is 33.3 Å². The summed E-state index contributed by atoms with van der Waals surface area (Å²) in [6, 6.07) is 6.81. The van der Waals surface area contributed by atoms with Gasteiger partial charge in [0.2, 0.25) is 0 Å². The molecule has 1 saturated carbocycles. The van der Waals surface area contributed by atoms with E-state index in [-0.39, 0.29) is 0 Å². The highest BCUT2D eigenvalue weighted by Gasteiger charge is 2.21. The molecule has 108 valence electrons. The van der Waals surface area contributed by atoms with Crippen LogP contribution in [0.2, 0.25) is 0 Å². The smallest absolute Gasteiger partial charge is 0.118 e. The average Bonchev–Trinajstić information content (AvgIpc) is 2.98. The summed E-state index contributed by atoms with van der Waals surface area (Å²) in [5, 5.41) is 3.53. The van der Waals surface area contributed by atoms with E-state index < -0.39 is 0 Å². The van der Waals surface area contributed by atoms with Gasteiger partial charge >= 0.3 is 0 Å². The number of aryl methyl sites for hydroxylation is 1. The molecule has 1 aliphatic rings. The van der Waals surface area contributed by atoms with E-state index in [1.165, 1.54) is 18.4 Å². The SMILES string of the molecule is Cc1oc(CN(C)Cc2ccco2)cc1CNC1CC1. The van der Waals surface area contributed by atoms with Crippen molar-refractivity contribution in [2.75, 3.05) is 7.05 Å². The number of hydrogen-bond acceptors (Lipinski definition) is 4. The predicted octanol–water partition coefficient (Wildman–Crippen LogP) is 3.07. The standard InChI is InChI=1S/C16H22N2O2/c1-12-13(9-17-14-5-6-14)8-16(20-12)11-18(2)10-15-4-3-7-19-15/h3-4,7-8,14,17H,5-6,9-11H2,1-2H3. The highest BCUT2D eigenvalue weighted by atomic mass is 16.3. The fourth-order valence-corrected chi connectivity index (χ4v) is 2.37. The molecule has 4 nitrogen and oxygen atoms in total. The van der Waals surface area contributed by atoms with Crippen LogP contribution in [0.25, 0.3) is 0 Å². The van der Waals surface area contributed by atoms with Crippen molar-refractivity contribution in [2.24, 2.45) is 0 Å². The molecule has 0 aliphatic heterocycles. The first kappa shape index (κ1) is 13.5. The van der Waals surface area contributed by atoms with E-state index >= 15 is 0 Å². The van der Waals surface area contributed by atoms with Crippen molar-refractivity contribution in [1.82, 2.24) is 10.2 Å². The molecule has 0 atom stereocenters. The Bertz CT molecular complexity index is 541. The topological polar surface area (TPSA) is 41.6 Å². The predicted molar refractivity (Wildman–Crippen MR) is 77.2 cm³/mol. The Morgan fingerprint density at radius 1 is 1.30 bits per heavy atom. The first-order valence-electron chi connectivity index (χ1n) is 7.23. The number of nitrogens with zero attached hydrogens (tertiary/aromatic N) is 1. The van der Waals surface area contributed by atoms with Gasteiger partial charge < -0.3 is 14.2 Å². The van der Waals surface area contributed by atoms with Crippen molar-refractivity contribution in [2.45, 2.75) is 45.4 Å². The molecular formula is C16H22N2O2. The first-order valence-corrected chi connectivity index (χ1v) is 7.23. The maximum Gasteiger partial charge on any atom is 0.118 e. The molecule has 2 heterocycles. The fraction of sp³-hybridized carbons (Fsp3) is 0.500. The zero-order valence-electron chi connectivity index (χ0n) is 12.2. The molecular weight excluding hydrogens is 252 g/mol. The summed E-state index contributed by atoms with van der Waals surface area (Å²) in [5.74, 6) is 3.02. The molecule has 1 N–H and O–H groups in total. The van der Waals surface area contributed by atoms with Crippen LogP contribution in [-0.2, 0) is 19.6 Å². The van der Waals surface area contributed by atoms with Gasteiger partial charge in [-0.1, -0.05) is 0 Å². The van der Waals surface area contributed by atoms with E-state index in [0.29, 0.717) is 0 Å². The minimum absolute atomic E-state index is 0.731. The third kappa shape index (κ3) is 3.52. The average molecular weight is 274 g/mol. The summed E-state index contributed by atoms with van der Waals surface area (Å²) in [6.07, 6.45) is 4.34. The molecule has 2 aromatic heterocycles. The summed E-state index contributed by atoms with van der Waals surface area (Å²) < 4.78 is 11.2. The maximum atomic E-state index is 5.84. The van der Waals surface area contributed by atoms with Gasteiger partial charge in [-0.15, -0.1) is 0 Å². The highest BCUT2D eigenvalue weighted by molar-refractivity contribution is 5.21. The second-order valence-electron chi connectivity index (χ2n) is 5.70. The van der Waals surface area contributed by atoms with Crippen LogP contribution in [0.5, 0.6) is 0 Å². The van der Waals surface area contributed by atoms with Crippen LogP contribution >= 0.6 is 0 Å². The number of nitrogens with one attached hydrogen (secondary N) is 1. The van der Waals surface area contributed by atoms with Crippen LogP contribution in [-0.4, -0.2) is 18.0 Å². The van der Waals surface area contributed by atoms with E-state index in [4.69, 9.17) is 8.83 Å². The second-order valence-corrected chi connectivity index (χ2v) is 5.70. The monoisotopic (exact) mass is 274 g/mol. The van der Waals surface area contributed by atoms with Crippen LogP contribution in [0, 0.1) is 6.92 Å². The van der Waals surface area contributed by atoms with Gasteiger partial charge in [0.15, 0.2) is 0 Å². The van der Waals surface area contributed by atoms with Gasteiger partial charge in [0.05, 0.1) is 19.4 Å². The molecule has 1 aliphatic carbocycles. The van der Waals surface area contributed by atoms with Gasteiger partial charge in [0.25, 0.3) is 0 Å². The Balaban J connectivity index is 1.54. The van der Waals surface area contributed by atoms with Crippen LogP contribution in [0.1, 0.15) is 35.7 Å². The number of rotatable bonds is 7. The lowest BCUT2D eigenvalue weighted by Crippen LogP contribution is -2.16. The highest BCUT2D eigenvalue weighted by Crippen LogP contribution is 2.21. The normalized spacial score (nSPS) is 15.2. The van der Waals surface area contributed by atoms with Gasteiger partial charge in [-0.2, -0.15) is 0 Å². The van der Waals surface area contributed by atoms with Crippen molar-refractivity contribution in [1.29, 1.82) is 0 Å². The van der Waals surface area contributed by atoms with E-state index in [1.54, 1.807) is 6.26 Å². The molecule has 0 unspecified atom stereocenters. The lowest BCUT2D eigenvalue weighted by molar-refractivity contribution is 0.262. The molecule has 20 heavy (non-hydrogen) atoms. The molecule has 3 rings (SSSR count). The summed E-state index contributed by atoms with van der Waals surface area (Å²) in [7, 11) is 2.07. The van der Waals surface area contributed by atoms with Gasteiger partial charge in [-0.05, 0) is 45.0 Å². The lowest BCUT2D eigenvalue weighted by atomic mass is 10.2. The number of hydrogen-bond donors (Lipinski definition) is 1. The summed E-state index contributed by atoms with van der Waals surface area (Å²) in [5.41, 5.74) is 1.28. The Morgan fingerprint density at radius 3 is 2.80 bits per heavy atom. The minimum Gasteiger partial charge on any atom is -0.468 e. The summed E-state index contributed by atoms with van der Waals surface area (Å²) >= 11 is 0. The third-order valence-corrected chi connectivity index (χ3v) is 3.66. The molecule has 1 fully saturated rings. The third-order valence-electron chi connectivity index (χ3n) is 3.66. The van der Waals surface area contributed by atoms with E-state index in [1.807, 2.05) is 19.1 Å². The molecule has 0 bridgehead atoms. The van der Waals surface area contributed by atoms with Gasteiger partial charge in [-0.3, -0.25) is 4.90 Å². The van der Waals surface area contributed by atoms with Crippen molar-refractivity contribution >= 4 is 0 Å². The molecule has 0 amide bonds. The molecule has 0 aromatic carbocycles. The molecule has 2 aromatic rings.